The maximum atomic E-state index is 14.0. The molecule has 0 radical (unpaired) electrons. The molecule has 2 bridgehead atoms. The minimum Gasteiger partial charge on any atom is -0.459 e. The van der Waals surface area contributed by atoms with E-state index in [1.807, 2.05) is 0 Å². The zero-order valence-corrected chi connectivity index (χ0v) is 22.5. The zero-order valence-electron chi connectivity index (χ0n) is 22.5. The fourth-order valence-electron chi connectivity index (χ4n) is 6.39. The normalized spacial score (nSPS) is 23.1. The lowest BCUT2D eigenvalue weighted by Crippen LogP contribution is -2.34. The number of carbonyl (C=O) groups is 3. The first-order valence-corrected chi connectivity index (χ1v) is 13.5. The summed E-state index contributed by atoms with van der Waals surface area (Å²) in [5.41, 5.74) is 7.26. The smallest absolute Gasteiger partial charge is 0.340 e. The van der Waals surface area contributed by atoms with Crippen LogP contribution in [0.3, 0.4) is 0 Å². The summed E-state index contributed by atoms with van der Waals surface area (Å²) in [7, 11) is 0. The highest BCUT2D eigenvalue weighted by atomic mass is 16.5. The van der Waals surface area contributed by atoms with Gasteiger partial charge in [0.1, 0.15) is 0 Å². The van der Waals surface area contributed by atoms with Gasteiger partial charge in [-0.15, -0.1) is 0 Å². The quantitative estimate of drug-likeness (QED) is 0.227. The van der Waals surface area contributed by atoms with Crippen LogP contribution in [0.5, 0.6) is 0 Å². The molecule has 5 nitrogen and oxygen atoms in total. The minimum absolute atomic E-state index is 0.186. The van der Waals surface area contributed by atoms with Gasteiger partial charge in [0.05, 0.1) is 29.2 Å². The van der Waals surface area contributed by atoms with Crippen LogP contribution in [0.2, 0.25) is 0 Å². The molecular weight excluding hydrogens is 486 g/mol. The van der Waals surface area contributed by atoms with Crippen molar-refractivity contribution in [3.63, 3.8) is 0 Å². The first kappa shape index (κ1) is 25.1. The highest BCUT2D eigenvalue weighted by molar-refractivity contribution is 6.25. The van der Waals surface area contributed by atoms with Crippen LogP contribution in [0, 0.1) is 37.5 Å². The van der Waals surface area contributed by atoms with E-state index in [2.05, 4.69) is 74.5 Å². The Morgan fingerprint density at radius 2 is 1.23 bits per heavy atom. The molecule has 4 atom stereocenters. The lowest BCUT2D eigenvalue weighted by atomic mass is 9.85. The second-order valence-corrected chi connectivity index (χ2v) is 11.0. The Morgan fingerprint density at radius 3 is 1.72 bits per heavy atom. The van der Waals surface area contributed by atoms with Gasteiger partial charge in [0.15, 0.2) is 0 Å². The molecule has 3 aliphatic rings. The molecule has 6 rings (SSSR count). The molecule has 0 spiro atoms. The van der Waals surface area contributed by atoms with Crippen LogP contribution in [0.1, 0.15) is 46.5 Å². The van der Waals surface area contributed by atoms with Gasteiger partial charge in [0.25, 0.3) is 0 Å². The summed E-state index contributed by atoms with van der Waals surface area (Å²) in [6.07, 6.45) is 3.87. The average molecular weight is 518 g/mol. The van der Waals surface area contributed by atoms with Crippen LogP contribution >= 0.6 is 0 Å². The number of allylic oxidation sites excluding steroid dienone is 3. The van der Waals surface area contributed by atoms with E-state index in [1.54, 1.807) is 38.1 Å². The van der Waals surface area contributed by atoms with E-state index in [4.69, 9.17) is 4.74 Å². The number of esters is 1. The number of fused-ring (bicyclic) bond motifs is 5. The number of rotatable bonds is 5. The molecule has 1 heterocycles. The van der Waals surface area contributed by atoms with E-state index < -0.39 is 17.8 Å². The van der Waals surface area contributed by atoms with Gasteiger partial charge in [-0.05, 0) is 62.1 Å². The topological polar surface area (TPSA) is 63.7 Å². The first-order chi connectivity index (χ1) is 18.8. The number of hydrogen-bond acceptors (Lipinski definition) is 4. The number of nitrogens with zero attached hydrogens (tertiary/aromatic N) is 1. The van der Waals surface area contributed by atoms with Gasteiger partial charge < -0.3 is 4.74 Å². The summed E-state index contributed by atoms with van der Waals surface area (Å²) in [4.78, 5) is 42.1. The monoisotopic (exact) mass is 517 g/mol. The van der Waals surface area contributed by atoms with Crippen molar-refractivity contribution >= 4 is 29.0 Å². The molecule has 1 aliphatic heterocycles. The van der Waals surface area contributed by atoms with E-state index in [0.29, 0.717) is 5.69 Å². The molecule has 2 amide bonds. The number of amides is 2. The second kappa shape index (κ2) is 9.49. The largest absolute Gasteiger partial charge is 0.459 e. The Labute approximate surface area is 228 Å². The van der Waals surface area contributed by atoms with Crippen molar-refractivity contribution in [1.82, 2.24) is 0 Å². The predicted molar refractivity (Wildman–Crippen MR) is 151 cm³/mol. The first-order valence-electron chi connectivity index (χ1n) is 13.5. The summed E-state index contributed by atoms with van der Waals surface area (Å²) < 4.78 is 5.41. The Kier molecular flexibility index (Phi) is 6.10. The summed E-state index contributed by atoms with van der Waals surface area (Å²) >= 11 is 0. The van der Waals surface area contributed by atoms with Crippen molar-refractivity contribution < 1.29 is 19.1 Å². The highest BCUT2D eigenvalue weighted by Crippen LogP contribution is 2.59. The second-order valence-electron chi connectivity index (χ2n) is 11.0. The molecule has 1 saturated carbocycles. The number of benzene rings is 3. The minimum atomic E-state index is -0.541. The standard InChI is InChI=1S/C34H31NO4/c1-19(2)39-34(38)24-7-5-6-8-27(24)35-32(36)30-25-17-18-26(31(30)33(35)37)29(25)28(22-13-9-20(3)10-14-22)23-15-11-21(4)12-16-23/h5-19,25-26,30-31H,1-4H3/t25-,26-,30-,31-/m1/s1. The van der Waals surface area contributed by atoms with Crippen LogP contribution < -0.4 is 4.90 Å². The fraction of sp³-hybridized carbons (Fsp3) is 0.265. The SMILES string of the molecule is Cc1ccc(C(=C2[C@H]3C=C[C@H]2[C@H]2C(=O)N(c4ccccc4C(=O)OC(C)C)C(=O)[C@@H]23)c2ccc(C)cc2)cc1. The summed E-state index contributed by atoms with van der Waals surface area (Å²) in [6.45, 7) is 7.67. The predicted octanol–water partition coefficient (Wildman–Crippen LogP) is 6.29. The maximum absolute atomic E-state index is 14.0. The van der Waals surface area contributed by atoms with Gasteiger partial charge in [-0.25, -0.2) is 9.69 Å². The van der Waals surface area contributed by atoms with Crippen LogP contribution in [0.4, 0.5) is 5.69 Å². The number of imide groups is 1. The zero-order chi connectivity index (χ0) is 27.4. The summed E-state index contributed by atoms with van der Waals surface area (Å²) in [6, 6.07) is 23.6. The molecule has 5 heteroatoms. The van der Waals surface area contributed by atoms with Gasteiger partial charge in [-0.3, -0.25) is 9.59 Å². The molecule has 1 saturated heterocycles. The lowest BCUT2D eigenvalue weighted by Gasteiger charge is -2.23. The van der Waals surface area contributed by atoms with Crippen molar-refractivity contribution in [2.75, 3.05) is 4.90 Å². The molecule has 0 unspecified atom stereocenters. The van der Waals surface area contributed by atoms with E-state index in [0.717, 1.165) is 22.3 Å². The van der Waals surface area contributed by atoms with Crippen LogP contribution in [0.15, 0.2) is 90.5 Å². The maximum Gasteiger partial charge on any atom is 0.340 e. The van der Waals surface area contributed by atoms with E-state index in [1.165, 1.54) is 16.0 Å². The molecule has 3 aromatic rings. The number of anilines is 1. The molecule has 0 N–H and O–H groups in total. The number of ether oxygens (including phenoxy) is 1. The highest BCUT2D eigenvalue weighted by Gasteiger charge is 2.62. The Balaban J connectivity index is 1.44. The van der Waals surface area contributed by atoms with Crippen LogP contribution in [-0.2, 0) is 14.3 Å². The Bertz CT molecular complexity index is 1460. The summed E-state index contributed by atoms with van der Waals surface area (Å²) in [5.74, 6) is -2.42. The van der Waals surface area contributed by atoms with Gasteiger partial charge >= 0.3 is 5.97 Å². The van der Waals surface area contributed by atoms with Gasteiger partial charge in [0.2, 0.25) is 11.8 Å². The number of carbonyl (C=O) groups excluding carboxylic acids is 3. The lowest BCUT2D eigenvalue weighted by molar-refractivity contribution is -0.122. The molecule has 39 heavy (non-hydrogen) atoms. The van der Waals surface area contributed by atoms with Gasteiger partial charge in [-0.1, -0.05) is 83.9 Å². The Hall–Kier alpha value is -4.25. The van der Waals surface area contributed by atoms with Crippen molar-refractivity contribution in [2.45, 2.75) is 33.8 Å². The van der Waals surface area contributed by atoms with Gasteiger partial charge in [0, 0.05) is 11.8 Å². The third kappa shape index (κ3) is 4.04. The van der Waals surface area contributed by atoms with Crippen molar-refractivity contribution in [3.05, 3.63) is 118 Å². The van der Waals surface area contributed by atoms with Crippen molar-refractivity contribution in [2.24, 2.45) is 23.7 Å². The molecule has 0 aromatic heterocycles. The van der Waals surface area contributed by atoms with Crippen LogP contribution in [0.25, 0.3) is 5.57 Å². The number of hydrogen-bond donors (Lipinski definition) is 0. The van der Waals surface area contributed by atoms with Crippen molar-refractivity contribution in [3.8, 4) is 0 Å². The van der Waals surface area contributed by atoms with E-state index in [-0.39, 0.29) is 35.3 Å². The van der Waals surface area contributed by atoms with Gasteiger partial charge in [-0.2, -0.15) is 0 Å². The Morgan fingerprint density at radius 1 is 0.744 bits per heavy atom. The molecule has 3 aromatic carbocycles. The molecule has 2 fully saturated rings. The third-order valence-electron chi connectivity index (χ3n) is 8.09. The molecular formula is C34H31NO4. The number of aryl methyl sites for hydroxylation is 2. The fourth-order valence-corrected chi connectivity index (χ4v) is 6.39. The van der Waals surface area contributed by atoms with E-state index >= 15 is 0 Å². The number of para-hydroxylation sites is 1. The molecule has 196 valence electrons. The third-order valence-corrected chi connectivity index (χ3v) is 8.09. The van der Waals surface area contributed by atoms with E-state index in [9.17, 15) is 14.4 Å². The van der Waals surface area contributed by atoms with Crippen molar-refractivity contribution in [1.29, 1.82) is 0 Å². The molecule has 2 aliphatic carbocycles. The average Bonchev–Trinajstić information content (AvgIpc) is 3.55. The van der Waals surface area contributed by atoms with Crippen LogP contribution in [-0.4, -0.2) is 23.9 Å². The summed E-state index contributed by atoms with van der Waals surface area (Å²) in [5, 5.41) is 0.